The Balaban J connectivity index is 2.23. The van der Waals surface area contributed by atoms with E-state index in [1.54, 1.807) is 0 Å². The van der Waals surface area contributed by atoms with Crippen LogP contribution in [0.3, 0.4) is 0 Å². The van der Waals surface area contributed by atoms with Crippen LogP contribution in [0.25, 0.3) is 11.3 Å². The molecule has 1 atom stereocenters. The van der Waals surface area contributed by atoms with Crippen molar-refractivity contribution in [2.24, 2.45) is 0 Å². The zero-order chi connectivity index (χ0) is 12.1. The second kappa shape index (κ2) is 5.69. The topological polar surface area (TPSA) is 14.2 Å². The summed E-state index contributed by atoms with van der Waals surface area (Å²) in [5.41, 5.74) is 2.43. The van der Waals surface area contributed by atoms with Gasteiger partial charge in [-0.2, -0.15) is 0 Å². The van der Waals surface area contributed by atoms with E-state index in [1.165, 1.54) is 11.3 Å². The van der Waals surface area contributed by atoms with Gasteiger partial charge in [0.2, 0.25) is 0 Å². The lowest BCUT2D eigenvalue weighted by Gasteiger charge is -2.18. The van der Waals surface area contributed by atoms with Crippen LogP contribution in [0.1, 0.15) is 26.5 Å². The summed E-state index contributed by atoms with van der Waals surface area (Å²) < 4.78 is 7.93. The Kier molecular flexibility index (Phi) is 3.99. The Bertz CT molecular complexity index is 447. The first-order valence-electron chi connectivity index (χ1n) is 6.16. The highest BCUT2D eigenvalue weighted by Gasteiger charge is 2.09. The van der Waals surface area contributed by atoms with Crippen LogP contribution in [-0.2, 0) is 4.74 Å². The molecule has 0 bridgehead atoms. The van der Waals surface area contributed by atoms with E-state index in [9.17, 15) is 0 Å². The van der Waals surface area contributed by atoms with E-state index in [0.717, 1.165) is 13.0 Å². The van der Waals surface area contributed by atoms with E-state index in [2.05, 4.69) is 61.0 Å². The molecule has 0 saturated heterocycles. The molecule has 2 nitrogen and oxygen atoms in total. The van der Waals surface area contributed by atoms with Crippen molar-refractivity contribution >= 4 is 0 Å². The van der Waals surface area contributed by atoms with Crippen LogP contribution in [0.4, 0.5) is 0 Å². The van der Waals surface area contributed by atoms with Crippen molar-refractivity contribution in [1.29, 1.82) is 0 Å². The minimum atomic E-state index is 0.0835. The molecule has 0 N–H and O–H groups in total. The Labute approximate surface area is 103 Å². The van der Waals surface area contributed by atoms with Crippen molar-refractivity contribution in [2.75, 3.05) is 6.61 Å². The number of benzene rings is 1. The lowest BCUT2D eigenvalue weighted by atomic mass is 10.1. The van der Waals surface area contributed by atoms with Crippen molar-refractivity contribution < 1.29 is 4.74 Å². The normalized spacial score (nSPS) is 12.6. The molecule has 0 amide bonds. The molecule has 90 valence electrons. The summed E-state index contributed by atoms with van der Waals surface area (Å²) in [7, 11) is 0. The van der Waals surface area contributed by atoms with Gasteiger partial charge in [-0.3, -0.25) is 0 Å². The molecule has 0 aliphatic rings. The molecule has 0 aliphatic heterocycles. The molecule has 0 spiro atoms. The average Bonchev–Trinajstić information content (AvgIpc) is 2.86. The molecule has 0 unspecified atom stereocenters. The van der Waals surface area contributed by atoms with Gasteiger partial charge in [0, 0.05) is 12.8 Å². The quantitative estimate of drug-likeness (QED) is 0.753. The number of ether oxygens (including phenoxy) is 1. The van der Waals surface area contributed by atoms with Gasteiger partial charge in [-0.15, -0.1) is 0 Å². The zero-order valence-corrected chi connectivity index (χ0v) is 10.5. The first kappa shape index (κ1) is 11.9. The van der Waals surface area contributed by atoms with Crippen molar-refractivity contribution in [3.8, 4) is 11.3 Å². The number of rotatable bonds is 5. The molecule has 1 aromatic carbocycles. The first-order chi connectivity index (χ1) is 8.33. The van der Waals surface area contributed by atoms with Crippen LogP contribution in [-0.4, -0.2) is 11.2 Å². The third-order valence-electron chi connectivity index (χ3n) is 2.80. The van der Waals surface area contributed by atoms with E-state index in [4.69, 9.17) is 4.74 Å². The number of aromatic nitrogens is 1. The fourth-order valence-corrected chi connectivity index (χ4v) is 1.93. The molecule has 1 heterocycles. The summed E-state index contributed by atoms with van der Waals surface area (Å²) >= 11 is 0. The van der Waals surface area contributed by atoms with Crippen LogP contribution >= 0.6 is 0 Å². The second-order valence-corrected chi connectivity index (χ2v) is 4.14. The fraction of sp³-hybridized carbons (Fsp3) is 0.333. The van der Waals surface area contributed by atoms with Gasteiger partial charge in [0.25, 0.3) is 0 Å². The molecule has 2 rings (SSSR count). The highest BCUT2D eigenvalue weighted by atomic mass is 16.5. The minimum Gasteiger partial charge on any atom is -0.358 e. The van der Waals surface area contributed by atoms with Gasteiger partial charge in [-0.05, 0) is 31.0 Å². The van der Waals surface area contributed by atoms with Crippen molar-refractivity contribution in [2.45, 2.75) is 26.5 Å². The third kappa shape index (κ3) is 2.77. The standard InChI is InChI=1S/C15H19NO/c1-3-12-17-13(2)16-11-7-10-15(16)14-8-5-4-6-9-14/h4-11,13H,3,12H2,1-2H3/t13-/m0/s1. The van der Waals surface area contributed by atoms with E-state index >= 15 is 0 Å². The first-order valence-corrected chi connectivity index (χ1v) is 6.16. The van der Waals surface area contributed by atoms with Gasteiger partial charge in [0.15, 0.2) is 0 Å². The summed E-state index contributed by atoms with van der Waals surface area (Å²) in [5.74, 6) is 0. The predicted octanol–water partition coefficient (Wildman–Crippen LogP) is 4.10. The molecule has 0 fully saturated rings. The maximum Gasteiger partial charge on any atom is 0.131 e. The summed E-state index contributed by atoms with van der Waals surface area (Å²) in [6, 6.07) is 14.6. The van der Waals surface area contributed by atoms with Gasteiger partial charge in [0.05, 0.1) is 5.69 Å². The lowest BCUT2D eigenvalue weighted by molar-refractivity contribution is 0.0180. The largest absolute Gasteiger partial charge is 0.358 e. The van der Waals surface area contributed by atoms with Crippen LogP contribution in [0, 0.1) is 0 Å². The molecule has 2 aromatic rings. The van der Waals surface area contributed by atoms with Crippen molar-refractivity contribution in [1.82, 2.24) is 4.57 Å². The summed E-state index contributed by atoms with van der Waals surface area (Å²) in [4.78, 5) is 0. The monoisotopic (exact) mass is 229 g/mol. The predicted molar refractivity (Wildman–Crippen MR) is 70.8 cm³/mol. The Morgan fingerprint density at radius 1 is 1.12 bits per heavy atom. The van der Waals surface area contributed by atoms with Gasteiger partial charge in [0.1, 0.15) is 6.23 Å². The zero-order valence-electron chi connectivity index (χ0n) is 10.5. The molecular formula is C15H19NO. The third-order valence-corrected chi connectivity index (χ3v) is 2.80. The van der Waals surface area contributed by atoms with Gasteiger partial charge < -0.3 is 9.30 Å². The average molecular weight is 229 g/mol. The number of hydrogen-bond donors (Lipinski definition) is 0. The van der Waals surface area contributed by atoms with Crippen LogP contribution in [0.15, 0.2) is 48.7 Å². The van der Waals surface area contributed by atoms with Crippen LogP contribution in [0.5, 0.6) is 0 Å². The van der Waals surface area contributed by atoms with E-state index in [-0.39, 0.29) is 6.23 Å². The molecular weight excluding hydrogens is 210 g/mol. The molecule has 0 aliphatic carbocycles. The van der Waals surface area contributed by atoms with Crippen LogP contribution < -0.4 is 0 Å². The van der Waals surface area contributed by atoms with Gasteiger partial charge in [-0.25, -0.2) is 0 Å². The summed E-state index contributed by atoms with van der Waals surface area (Å²) in [6.45, 7) is 5.01. The van der Waals surface area contributed by atoms with Crippen molar-refractivity contribution in [3.05, 3.63) is 48.7 Å². The lowest BCUT2D eigenvalue weighted by Crippen LogP contribution is -2.10. The second-order valence-electron chi connectivity index (χ2n) is 4.14. The summed E-state index contributed by atoms with van der Waals surface area (Å²) in [5, 5.41) is 0. The number of hydrogen-bond acceptors (Lipinski definition) is 1. The van der Waals surface area contributed by atoms with E-state index in [1.807, 2.05) is 6.07 Å². The smallest absolute Gasteiger partial charge is 0.131 e. The van der Waals surface area contributed by atoms with Crippen molar-refractivity contribution in [3.63, 3.8) is 0 Å². The Morgan fingerprint density at radius 3 is 2.59 bits per heavy atom. The maximum absolute atomic E-state index is 5.76. The van der Waals surface area contributed by atoms with E-state index in [0.29, 0.717) is 0 Å². The molecule has 0 radical (unpaired) electrons. The Morgan fingerprint density at radius 2 is 1.88 bits per heavy atom. The minimum absolute atomic E-state index is 0.0835. The van der Waals surface area contributed by atoms with Crippen LogP contribution in [0.2, 0.25) is 0 Å². The maximum atomic E-state index is 5.76. The van der Waals surface area contributed by atoms with E-state index < -0.39 is 0 Å². The van der Waals surface area contributed by atoms with Gasteiger partial charge in [-0.1, -0.05) is 37.3 Å². The molecule has 0 saturated carbocycles. The molecule has 17 heavy (non-hydrogen) atoms. The fourth-order valence-electron chi connectivity index (χ4n) is 1.93. The number of nitrogens with zero attached hydrogens (tertiary/aromatic N) is 1. The molecule has 1 aromatic heterocycles. The molecule has 2 heteroatoms. The summed E-state index contributed by atoms with van der Waals surface area (Å²) in [6.07, 6.45) is 3.20. The highest BCUT2D eigenvalue weighted by molar-refractivity contribution is 5.59. The Hall–Kier alpha value is -1.54. The van der Waals surface area contributed by atoms with Gasteiger partial charge >= 0.3 is 0 Å². The SMILES string of the molecule is CCCO[C@@H](C)n1cccc1-c1ccccc1. The highest BCUT2D eigenvalue weighted by Crippen LogP contribution is 2.23.